The molecule has 1 N–H and O–H groups in total. The second kappa shape index (κ2) is 8.22. The molecular weight excluding hydrogens is 348 g/mol. The van der Waals surface area contributed by atoms with Gasteiger partial charge in [0.1, 0.15) is 6.26 Å². The Morgan fingerprint density at radius 1 is 1.42 bits per heavy atom. The van der Waals surface area contributed by atoms with Crippen molar-refractivity contribution in [1.82, 2.24) is 15.2 Å². The SMILES string of the molecule is CN=C(NCc1coc(-c2cccs2)n1)N1CCC(OC(C)(C)C)CC1. The maximum absolute atomic E-state index is 6.10. The number of nitrogens with one attached hydrogen (secondary N) is 1. The fourth-order valence-electron chi connectivity index (χ4n) is 3.09. The van der Waals surface area contributed by atoms with E-state index < -0.39 is 0 Å². The molecule has 142 valence electrons. The van der Waals surface area contributed by atoms with Gasteiger partial charge >= 0.3 is 0 Å². The summed E-state index contributed by atoms with van der Waals surface area (Å²) in [6.07, 6.45) is 4.07. The molecule has 1 aliphatic heterocycles. The van der Waals surface area contributed by atoms with Crippen LogP contribution in [-0.2, 0) is 11.3 Å². The molecule has 1 saturated heterocycles. The van der Waals surface area contributed by atoms with E-state index >= 15 is 0 Å². The van der Waals surface area contributed by atoms with Crippen molar-refractivity contribution in [1.29, 1.82) is 0 Å². The molecule has 7 heteroatoms. The normalized spacial score (nSPS) is 16.9. The summed E-state index contributed by atoms with van der Waals surface area (Å²) in [6.45, 7) is 8.83. The lowest BCUT2D eigenvalue weighted by molar-refractivity contribution is -0.0772. The minimum absolute atomic E-state index is 0.0833. The maximum atomic E-state index is 6.10. The van der Waals surface area contributed by atoms with Crippen LogP contribution in [0.25, 0.3) is 10.8 Å². The van der Waals surface area contributed by atoms with Crippen LogP contribution >= 0.6 is 11.3 Å². The lowest BCUT2D eigenvalue weighted by Crippen LogP contribution is -2.47. The monoisotopic (exact) mass is 376 g/mol. The van der Waals surface area contributed by atoms with Gasteiger partial charge in [0, 0.05) is 20.1 Å². The molecule has 0 aliphatic carbocycles. The van der Waals surface area contributed by atoms with E-state index in [1.54, 1.807) is 17.6 Å². The first-order chi connectivity index (χ1) is 12.4. The van der Waals surface area contributed by atoms with E-state index in [1.165, 1.54) is 0 Å². The first-order valence-electron chi connectivity index (χ1n) is 9.06. The smallest absolute Gasteiger partial charge is 0.236 e. The number of thiophene rings is 1. The lowest BCUT2D eigenvalue weighted by atomic mass is 10.1. The fourth-order valence-corrected chi connectivity index (χ4v) is 3.74. The van der Waals surface area contributed by atoms with Crippen LogP contribution in [0.3, 0.4) is 0 Å². The van der Waals surface area contributed by atoms with Crippen LogP contribution in [0.4, 0.5) is 0 Å². The van der Waals surface area contributed by atoms with E-state index in [1.807, 2.05) is 24.6 Å². The van der Waals surface area contributed by atoms with Gasteiger partial charge in [-0.15, -0.1) is 11.3 Å². The molecule has 0 saturated carbocycles. The van der Waals surface area contributed by atoms with Gasteiger partial charge < -0.3 is 19.4 Å². The van der Waals surface area contributed by atoms with E-state index in [0.29, 0.717) is 18.5 Å². The highest BCUT2D eigenvalue weighted by Gasteiger charge is 2.25. The van der Waals surface area contributed by atoms with Crippen molar-refractivity contribution >= 4 is 17.3 Å². The maximum Gasteiger partial charge on any atom is 0.236 e. The van der Waals surface area contributed by atoms with Crippen LogP contribution in [0.1, 0.15) is 39.3 Å². The summed E-state index contributed by atoms with van der Waals surface area (Å²) in [4.78, 5) is 12.3. The molecule has 3 rings (SSSR count). The molecule has 1 fully saturated rings. The van der Waals surface area contributed by atoms with Crippen molar-refractivity contribution in [3.8, 4) is 10.8 Å². The molecule has 0 atom stereocenters. The summed E-state index contributed by atoms with van der Waals surface area (Å²) in [6, 6.07) is 4.01. The molecule has 0 spiro atoms. The highest BCUT2D eigenvalue weighted by molar-refractivity contribution is 7.13. The number of rotatable bonds is 4. The van der Waals surface area contributed by atoms with Crippen molar-refractivity contribution in [3.63, 3.8) is 0 Å². The molecular formula is C19H28N4O2S. The number of ether oxygens (including phenoxy) is 1. The number of likely N-dealkylation sites (tertiary alicyclic amines) is 1. The van der Waals surface area contributed by atoms with Crippen LogP contribution in [-0.4, -0.2) is 47.7 Å². The van der Waals surface area contributed by atoms with Gasteiger partial charge in [0.2, 0.25) is 5.89 Å². The molecule has 0 unspecified atom stereocenters. The largest absolute Gasteiger partial charge is 0.443 e. The third-order valence-electron chi connectivity index (χ3n) is 4.18. The summed E-state index contributed by atoms with van der Waals surface area (Å²) in [7, 11) is 1.82. The lowest BCUT2D eigenvalue weighted by Gasteiger charge is -2.36. The average Bonchev–Trinajstić information content (AvgIpc) is 3.26. The van der Waals surface area contributed by atoms with Crippen molar-refractivity contribution in [2.45, 2.75) is 51.9 Å². The van der Waals surface area contributed by atoms with Gasteiger partial charge in [0.15, 0.2) is 5.96 Å². The highest BCUT2D eigenvalue weighted by atomic mass is 32.1. The van der Waals surface area contributed by atoms with Crippen LogP contribution in [0, 0.1) is 0 Å². The number of aliphatic imine (C=N–C) groups is 1. The standard InChI is InChI=1S/C19H28N4O2S/c1-19(2,3)25-15-7-9-23(10-8-15)18(20-4)21-12-14-13-24-17(22-14)16-6-5-11-26-16/h5-6,11,13,15H,7-10,12H2,1-4H3,(H,20,21). The molecule has 0 bridgehead atoms. The molecule has 0 radical (unpaired) electrons. The van der Waals surface area contributed by atoms with E-state index in [9.17, 15) is 0 Å². The Bertz CT molecular complexity index is 710. The highest BCUT2D eigenvalue weighted by Crippen LogP contribution is 2.24. The average molecular weight is 377 g/mol. The van der Waals surface area contributed by atoms with Gasteiger partial charge in [-0.05, 0) is 45.1 Å². The molecule has 0 aromatic carbocycles. The van der Waals surface area contributed by atoms with Crippen molar-refractivity contribution < 1.29 is 9.15 Å². The molecule has 0 amide bonds. The fraction of sp³-hybridized carbons (Fsp3) is 0.579. The van der Waals surface area contributed by atoms with Crippen LogP contribution < -0.4 is 5.32 Å². The zero-order valence-corrected chi connectivity index (χ0v) is 16.8. The van der Waals surface area contributed by atoms with Gasteiger partial charge in [0.25, 0.3) is 0 Å². The van der Waals surface area contributed by atoms with E-state index in [0.717, 1.165) is 42.5 Å². The third kappa shape index (κ3) is 5.08. The summed E-state index contributed by atoms with van der Waals surface area (Å²) < 4.78 is 11.7. The van der Waals surface area contributed by atoms with Crippen molar-refractivity contribution in [2.75, 3.05) is 20.1 Å². The molecule has 26 heavy (non-hydrogen) atoms. The number of aromatic nitrogens is 1. The molecule has 2 aromatic rings. The van der Waals surface area contributed by atoms with E-state index in [2.05, 4.69) is 41.0 Å². The Morgan fingerprint density at radius 2 is 2.19 bits per heavy atom. The Morgan fingerprint density at radius 3 is 2.81 bits per heavy atom. The minimum Gasteiger partial charge on any atom is -0.443 e. The summed E-state index contributed by atoms with van der Waals surface area (Å²) >= 11 is 1.62. The zero-order chi connectivity index (χ0) is 18.6. The second-order valence-electron chi connectivity index (χ2n) is 7.44. The molecule has 3 heterocycles. The van der Waals surface area contributed by atoms with Gasteiger partial charge in [-0.2, -0.15) is 0 Å². The number of oxazole rings is 1. The zero-order valence-electron chi connectivity index (χ0n) is 16.0. The number of guanidine groups is 1. The minimum atomic E-state index is -0.0833. The number of hydrogen-bond acceptors (Lipinski definition) is 5. The van der Waals surface area contributed by atoms with Gasteiger partial charge in [0.05, 0.1) is 28.8 Å². The van der Waals surface area contributed by atoms with E-state index in [4.69, 9.17) is 9.15 Å². The molecule has 6 nitrogen and oxygen atoms in total. The van der Waals surface area contributed by atoms with Crippen LogP contribution in [0.5, 0.6) is 0 Å². The van der Waals surface area contributed by atoms with Gasteiger partial charge in [-0.25, -0.2) is 4.98 Å². The van der Waals surface area contributed by atoms with Gasteiger partial charge in [-0.3, -0.25) is 4.99 Å². The predicted molar refractivity (Wildman–Crippen MR) is 105 cm³/mol. The first-order valence-corrected chi connectivity index (χ1v) is 9.94. The first kappa shape index (κ1) is 18.9. The third-order valence-corrected chi connectivity index (χ3v) is 5.04. The van der Waals surface area contributed by atoms with Crippen LogP contribution in [0.15, 0.2) is 33.2 Å². The van der Waals surface area contributed by atoms with E-state index in [-0.39, 0.29) is 5.60 Å². The van der Waals surface area contributed by atoms with Gasteiger partial charge in [-0.1, -0.05) is 6.07 Å². The summed E-state index contributed by atoms with van der Waals surface area (Å²) in [5.74, 6) is 1.58. The number of hydrogen-bond donors (Lipinski definition) is 1. The molecule has 1 aliphatic rings. The molecule has 2 aromatic heterocycles. The second-order valence-corrected chi connectivity index (χ2v) is 8.39. The Balaban J connectivity index is 1.50. The summed E-state index contributed by atoms with van der Waals surface area (Å²) in [5.41, 5.74) is 0.792. The summed E-state index contributed by atoms with van der Waals surface area (Å²) in [5, 5.41) is 5.41. The Hall–Kier alpha value is -1.86. The number of nitrogens with zero attached hydrogens (tertiary/aromatic N) is 3. The Labute approximate surface area is 159 Å². The quantitative estimate of drug-likeness (QED) is 0.650. The van der Waals surface area contributed by atoms with Crippen molar-refractivity contribution in [3.05, 3.63) is 29.5 Å². The Kier molecular flexibility index (Phi) is 5.98. The topological polar surface area (TPSA) is 62.9 Å². The number of piperidine rings is 1. The predicted octanol–water partition coefficient (Wildman–Crippen LogP) is 3.76. The van der Waals surface area contributed by atoms with Crippen LogP contribution in [0.2, 0.25) is 0 Å². The van der Waals surface area contributed by atoms with Crippen molar-refractivity contribution in [2.24, 2.45) is 4.99 Å².